The largest absolute Gasteiger partial charge is 0.494 e. The molecule has 0 unspecified atom stereocenters. The highest BCUT2D eigenvalue weighted by Gasteiger charge is 2.27. The number of nitrogens with two attached hydrogens (primary N) is 1. The first kappa shape index (κ1) is 12.9. The highest BCUT2D eigenvalue weighted by atomic mass is 32.1. The van der Waals surface area contributed by atoms with E-state index in [2.05, 4.69) is 4.98 Å². The summed E-state index contributed by atoms with van der Waals surface area (Å²) in [6, 6.07) is 7.22. The lowest BCUT2D eigenvalue weighted by Gasteiger charge is -2.15. The van der Waals surface area contributed by atoms with E-state index in [0.717, 1.165) is 16.3 Å². The normalized spacial score (nSPS) is 13.3. The highest BCUT2D eigenvalue weighted by Crippen LogP contribution is 2.30. The third kappa shape index (κ3) is 2.34. The zero-order valence-corrected chi connectivity index (χ0v) is 11.9. The number of fused-ring (bicyclic) bond motifs is 1. The van der Waals surface area contributed by atoms with Crippen molar-refractivity contribution in [3.05, 3.63) is 40.4 Å². The maximum absolute atomic E-state index is 12.4. The predicted octanol–water partition coefficient (Wildman–Crippen LogP) is 2.28. The van der Waals surface area contributed by atoms with E-state index >= 15 is 0 Å². The lowest BCUT2D eigenvalue weighted by molar-refractivity contribution is 0.0751. The van der Waals surface area contributed by atoms with Crippen LogP contribution in [0.3, 0.4) is 0 Å². The van der Waals surface area contributed by atoms with Crippen LogP contribution >= 0.6 is 11.3 Å². The van der Waals surface area contributed by atoms with E-state index < -0.39 is 0 Å². The van der Waals surface area contributed by atoms with Gasteiger partial charge in [0.2, 0.25) is 0 Å². The van der Waals surface area contributed by atoms with E-state index in [1.165, 1.54) is 11.3 Å². The van der Waals surface area contributed by atoms with Crippen LogP contribution in [0.25, 0.3) is 0 Å². The first-order valence-corrected chi connectivity index (χ1v) is 7.25. The number of benzene rings is 1. The number of aromatic nitrogens is 1. The molecule has 0 radical (unpaired) electrons. The minimum absolute atomic E-state index is 0.0109. The Labute approximate surface area is 121 Å². The molecule has 2 N–H and O–H groups in total. The molecule has 0 spiro atoms. The number of nitrogen functional groups attached to an aromatic ring is 1. The number of nitrogens with zero attached hydrogens (tertiary/aromatic N) is 2. The summed E-state index contributed by atoms with van der Waals surface area (Å²) < 4.78 is 5.37. The van der Waals surface area contributed by atoms with Gasteiger partial charge in [0.05, 0.1) is 30.3 Å². The molecule has 104 valence electrons. The molecule has 0 fully saturated rings. The molecule has 1 aliphatic rings. The second-order valence-electron chi connectivity index (χ2n) is 4.54. The van der Waals surface area contributed by atoms with Crippen LogP contribution < -0.4 is 10.5 Å². The minimum Gasteiger partial charge on any atom is -0.494 e. The van der Waals surface area contributed by atoms with Gasteiger partial charge in [0.25, 0.3) is 5.91 Å². The number of thiazole rings is 1. The smallest absolute Gasteiger partial charge is 0.254 e. The third-order valence-electron chi connectivity index (χ3n) is 3.17. The number of rotatable bonds is 3. The van der Waals surface area contributed by atoms with Crippen molar-refractivity contribution in [3.63, 3.8) is 0 Å². The van der Waals surface area contributed by atoms with Gasteiger partial charge in [-0.1, -0.05) is 0 Å². The van der Waals surface area contributed by atoms with Gasteiger partial charge in [-0.2, -0.15) is 0 Å². The van der Waals surface area contributed by atoms with Gasteiger partial charge in [-0.05, 0) is 31.2 Å². The van der Waals surface area contributed by atoms with Gasteiger partial charge in [-0.3, -0.25) is 4.79 Å². The lowest BCUT2D eigenvalue weighted by Crippen LogP contribution is -2.25. The Morgan fingerprint density at radius 2 is 2.15 bits per heavy atom. The van der Waals surface area contributed by atoms with Gasteiger partial charge in [-0.15, -0.1) is 11.3 Å². The van der Waals surface area contributed by atoms with Crippen LogP contribution in [0.4, 0.5) is 5.13 Å². The minimum atomic E-state index is 0.0109. The summed E-state index contributed by atoms with van der Waals surface area (Å²) in [5.41, 5.74) is 7.24. The number of ether oxygens (including phenoxy) is 1. The Balaban J connectivity index is 1.72. The van der Waals surface area contributed by atoms with Crippen LogP contribution in [0.5, 0.6) is 5.75 Å². The Morgan fingerprint density at radius 1 is 1.40 bits per heavy atom. The van der Waals surface area contributed by atoms with Gasteiger partial charge in [-0.25, -0.2) is 4.98 Å². The quantitative estimate of drug-likeness (QED) is 0.941. The molecule has 0 saturated carbocycles. The molecule has 3 rings (SSSR count). The number of amides is 1. The maximum atomic E-state index is 12.4. The topological polar surface area (TPSA) is 68.5 Å². The lowest BCUT2D eigenvalue weighted by atomic mass is 10.2. The monoisotopic (exact) mass is 289 g/mol. The van der Waals surface area contributed by atoms with Gasteiger partial charge in [0, 0.05) is 5.56 Å². The zero-order chi connectivity index (χ0) is 14.1. The van der Waals surface area contributed by atoms with E-state index in [9.17, 15) is 4.79 Å². The molecule has 1 aromatic carbocycles. The average molecular weight is 289 g/mol. The Kier molecular flexibility index (Phi) is 3.31. The number of hydrogen-bond acceptors (Lipinski definition) is 5. The summed E-state index contributed by atoms with van der Waals surface area (Å²) in [5, 5.41) is 0.572. The molecular weight excluding hydrogens is 274 g/mol. The summed E-state index contributed by atoms with van der Waals surface area (Å²) in [6.45, 7) is 3.68. The van der Waals surface area contributed by atoms with Gasteiger partial charge in [0.1, 0.15) is 5.75 Å². The second kappa shape index (κ2) is 5.13. The summed E-state index contributed by atoms with van der Waals surface area (Å²) in [7, 11) is 0. The van der Waals surface area contributed by atoms with Crippen LogP contribution in [0.2, 0.25) is 0 Å². The second-order valence-corrected chi connectivity index (χ2v) is 5.66. The number of hydrogen-bond donors (Lipinski definition) is 1. The molecule has 5 nitrogen and oxygen atoms in total. The van der Waals surface area contributed by atoms with Crippen molar-refractivity contribution in [3.8, 4) is 5.75 Å². The van der Waals surface area contributed by atoms with Crippen molar-refractivity contribution in [2.75, 3.05) is 12.3 Å². The molecule has 6 heteroatoms. The first-order valence-electron chi connectivity index (χ1n) is 6.43. The van der Waals surface area contributed by atoms with E-state index in [4.69, 9.17) is 10.5 Å². The average Bonchev–Trinajstić information content (AvgIpc) is 2.96. The summed E-state index contributed by atoms with van der Waals surface area (Å²) in [6.07, 6.45) is 0. The highest BCUT2D eigenvalue weighted by molar-refractivity contribution is 7.15. The molecule has 20 heavy (non-hydrogen) atoms. The van der Waals surface area contributed by atoms with Crippen molar-refractivity contribution in [1.82, 2.24) is 9.88 Å². The molecule has 1 aliphatic heterocycles. The van der Waals surface area contributed by atoms with Crippen molar-refractivity contribution in [1.29, 1.82) is 0 Å². The molecule has 2 heterocycles. The fourth-order valence-electron chi connectivity index (χ4n) is 2.25. The molecule has 0 atom stereocenters. The van der Waals surface area contributed by atoms with Gasteiger partial charge in [0.15, 0.2) is 5.13 Å². The van der Waals surface area contributed by atoms with Crippen LogP contribution in [0, 0.1) is 0 Å². The van der Waals surface area contributed by atoms with E-state index in [1.54, 1.807) is 17.0 Å². The van der Waals surface area contributed by atoms with E-state index in [1.807, 2.05) is 19.1 Å². The molecule has 0 saturated heterocycles. The summed E-state index contributed by atoms with van der Waals surface area (Å²) >= 11 is 1.46. The molecule has 0 bridgehead atoms. The number of carbonyl (C=O) groups excluding carboxylic acids is 1. The van der Waals surface area contributed by atoms with Crippen LogP contribution in [0.15, 0.2) is 24.3 Å². The fourth-order valence-corrected chi connectivity index (χ4v) is 3.10. The predicted molar refractivity (Wildman–Crippen MR) is 77.7 cm³/mol. The molecule has 1 aromatic heterocycles. The Bertz CT molecular complexity index is 613. The Hall–Kier alpha value is -2.08. The Morgan fingerprint density at radius 3 is 2.80 bits per heavy atom. The van der Waals surface area contributed by atoms with Gasteiger partial charge >= 0.3 is 0 Å². The summed E-state index contributed by atoms with van der Waals surface area (Å²) in [5.74, 6) is 0.788. The van der Waals surface area contributed by atoms with Crippen LogP contribution in [0.1, 0.15) is 27.9 Å². The van der Waals surface area contributed by atoms with E-state index in [-0.39, 0.29) is 5.91 Å². The first-order chi connectivity index (χ1) is 9.67. The third-order valence-corrected chi connectivity index (χ3v) is 4.08. The summed E-state index contributed by atoms with van der Waals surface area (Å²) in [4.78, 5) is 19.5. The van der Waals surface area contributed by atoms with Crippen LogP contribution in [-0.2, 0) is 13.1 Å². The van der Waals surface area contributed by atoms with Gasteiger partial charge < -0.3 is 15.4 Å². The van der Waals surface area contributed by atoms with E-state index in [0.29, 0.717) is 30.4 Å². The number of anilines is 1. The number of carbonyl (C=O) groups is 1. The zero-order valence-electron chi connectivity index (χ0n) is 11.1. The molecule has 2 aromatic rings. The molecule has 1 amide bonds. The van der Waals surface area contributed by atoms with Crippen molar-refractivity contribution in [2.45, 2.75) is 20.0 Å². The van der Waals surface area contributed by atoms with Crippen molar-refractivity contribution < 1.29 is 9.53 Å². The SMILES string of the molecule is CCOc1ccc(C(=O)N2Cc3nc(N)sc3C2)cc1. The fraction of sp³-hybridized carbons (Fsp3) is 0.286. The van der Waals surface area contributed by atoms with Crippen LogP contribution in [-0.4, -0.2) is 22.4 Å². The standard InChI is InChI=1S/C14H15N3O2S/c1-2-19-10-5-3-9(4-6-10)13(18)17-7-11-12(8-17)20-14(15)16-11/h3-6H,2,7-8H2,1H3,(H2,15,16). The maximum Gasteiger partial charge on any atom is 0.254 e. The van der Waals surface area contributed by atoms with Crippen molar-refractivity contribution in [2.24, 2.45) is 0 Å². The molecule has 0 aliphatic carbocycles. The molecular formula is C14H15N3O2S. The van der Waals surface area contributed by atoms with Crippen molar-refractivity contribution >= 4 is 22.4 Å².